The molecular weight excluding hydrogens is 198 g/mol. The average Bonchev–Trinajstić information content (AvgIpc) is 2.30. The van der Waals surface area contributed by atoms with Gasteiger partial charge in [-0.2, -0.15) is 4.98 Å². The molecule has 0 saturated carbocycles. The van der Waals surface area contributed by atoms with Crippen LogP contribution in [0.4, 0.5) is 5.95 Å². The second-order valence-electron chi connectivity index (χ2n) is 1.66. The normalized spacial score (nSPS) is 9.90. The van der Waals surface area contributed by atoms with Crippen LogP contribution in [-0.4, -0.2) is 14.8 Å². The average molecular weight is 206 g/mol. The van der Waals surface area contributed by atoms with Crippen molar-refractivity contribution in [3.05, 3.63) is 4.73 Å². The van der Waals surface area contributed by atoms with E-state index in [9.17, 15) is 0 Å². The van der Waals surface area contributed by atoms with E-state index in [0.29, 0.717) is 10.7 Å². The largest absolute Gasteiger partial charge is 0.293 e. The van der Waals surface area contributed by atoms with Gasteiger partial charge in [0.1, 0.15) is 0 Å². The van der Waals surface area contributed by atoms with Crippen molar-refractivity contribution in [3.8, 4) is 0 Å². The molecule has 1 aromatic heterocycles. The molecule has 0 unspecified atom stereocenters. The molecule has 10 heavy (non-hydrogen) atoms. The van der Waals surface area contributed by atoms with E-state index in [1.165, 1.54) is 0 Å². The first-order valence-corrected chi connectivity index (χ1v) is 3.64. The second-order valence-corrected chi connectivity index (χ2v) is 2.37. The lowest BCUT2D eigenvalue weighted by atomic mass is 10.7. The number of hydrogen-bond acceptors (Lipinski definition) is 4. The fourth-order valence-corrected chi connectivity index (χ4v) is 1.00. The van der Waals surface area contributed by atoms with Gasteiger partial charge < -0.3 is 0 Å². The minimum absolute atomic E-state index is 0.544. The Bertz CT molecular complexity index is 198. The number of hydrazine groups is 1. The Balaban J connectivity index is 2.96. The molecule has 0 fully saturated rings. The maximum Gasteiger partial charge on any atom is 0.236 e. The van der Waals surface area contributed by atoms with Gasteiger partial charge in [0.2, 0.25) is 10.7 Å². The Kier molecular flexibility index (Phi) is 2.23. The zero-order chi connectivity index (χ0) is 7.56. The SMILES string of the molecule is CCn1nc(Br)nc1NN. The molecule has 6 heteroatoms. The Morgan fingerprint density at radius 1 is 1.80 bits per heavy atom. The molecule has 0 aliphatic rings. The number of aromatic nitrogens is 3. The predicted molar refractivity (Wildman–Crippen MR) is 41.2 cm³/mol. The fraction of sp³-hybridized carbons (Fsp3) is 0.500. The van der Waals surface area contributed by atoms with Crippen LogP contribution in [0.25, 0.3) is 0 Å². The molecule has 1 aromatic rings. The highest BCUT2D eigenvalue weighted by atomic mass is 79.9. The van der Waals surface area contributed by atoms with Crippen LogP contribution in [0.15, 0.2) is 4.73 Å². The monoisotopic (exact) mass is 205 g/mol. The van der Waals surface area contributed by atoms with Gasteiger partial charge in [0.25, 0.3) is 0 Å². The molecule has 0 atom stereocenters. The molecule has 0 spiro atoms. The molecular formula is C4H8BrN5. The topological polar surface area (TPSA) is 68.8 Å². The van der Waals surface area contributed by atoms with Gasteiger partial charge in [-0.15, -0.1) is 5.10 Å². The summed E-state index contributed by atoms with van der Waals surface area (Å²) in [5.74, 6) is 5.71. The van der Waals surface area contributed by atoms with Crippen LogP contribution in [0.3, 0.4) is 0 Å². The van der Waals surface area contributed by atoms with Gasteiger partial charge in [0.05, 0.1) is 0 Å². The number of rotatable bonds is 2. The Morgan fingerprint density at radius 3 is 2.90 bits per heavy atom. The van der Waals surface area contributed by atoms with Gasteiger partial charge in [0.15, 0.2) is 0 Å². The number of nitrogens with one attached hydrogen (secondary N) is 1. The molecule has 5 nitrogen and oxygen atoms in total. The molecule has 0 aliphatic heterocycles. The first kappa shape index (κ1) is 7.49. The van der Waals surface area contributed by atoms with Crippen LogP contribution < -0.4 is 11.3 Å². The van der Waals surface area contributed by atoms with Crippen LogP contribution >= 0.6 is 15.9 Å². The van der Waals surface area contributed by atoms with Crippen LogP contribution in [0.5, 0.6) is 0 Å². The number of nitrogens with two attached hydrogens (primary N) is 1. The van der Waals surface area contributed by atoms with E-state index in [1.54, 1.807) is 4.68 Å². The number of hydrogen-bond donors (Lipinski definition) is 2. The van der Waals surface area contributed by atoms with Gasteiger partial charge >= 0.3 is 0 Å². The summed E-state index contributed by atoms with van der Waals surface area (Å²) < 4.78 is 2.20. The van der Waals surface area contributed by atoms with Crippen molar-refractivity contribution in [2.45, 2.75) is 13.5 Å². The molecule has 0 aromatic carbocycles. The minimum Gasteiger partial charge on any atom is -0.293 e. The first-order valence-electron chi connectivity index (χ1n) is 2.85. The smallest absolute Gasteiger partial charge is 0.236 e. The van der Waals surface area contributed by atoms with Crippen molar-refractivity contribution in [2.75, 3.05) is 5.43 Å². The molecule has 1 rings (SSSR count). The van der Waals surface area contributed by atoms with Crippen molar-refractivity contribution in [1.29, 1.82) is 0 Å². The lowest BCUT2D eigenvalue weighted by Gasteiger charge is -1.97. The zero-order valence-electron chi connectivity index (χ0n) is 5.50. The summed E-state index contributed by atoms with van der Waals surface area (Å²) in [5, 5.41) is 3.98. The van der Waals surface area contributed by atoms with E-state index in [-0.39, 0.29) is 0 Å². The molecule has 0 radical (unpaired) electrons. The van der Waals surface area contributed by atoms with Gasteiger partial charge in [0, 0.05) is 6.54 Å². The minimum atomic E-state index is 0.544. The number of nitrogen functional groups attached to an aromatic ring is 1. The first-order chi connectivity index (χ1) is 4.77. The highest BCUT2D eigenvalue weighted by Gasteiger charge is 2.02. The number of nitrogens with zero attached hydrogens (tertiary/aromatic N) is 3. The van der Waals surface area contributed by atoms with E-state index >= 15 is 0 Å². The second kappa shape index (κ2) is 2.98. The highest BCUT2D eigenvalue weighted by molar-refractivity contribution is 9.10. The van der Waals surface area contributed by atoms with Crippen LogP contribution in [0.2, 0.25) is 0 Å². The van der Waals surface area contributed by atoms with Crippen LogP contribution in [-0.2, 0) is 6.54 Å². The number of anilines is 1. The van der Waals surface area contributed by atoms with Crippen molar-refractivity contribution in [1.82, 2.24) is 14.8 Å². The van der Waals surface area contributed by atoms with Crippen molar-refractivity contribution in [3.63, 3.8) is 0 Å². The van der Waals surface area contributed by atoms with E-state index < -0.39 is 0 Å². The van der Waals surface area contributed by atoms with E-state index in [1.807, 2.05) is 6.92 Å². The third-order valence-electron chi connectivity index (χ3n) is 1.07. The van der Waals surface area contributed by atoms with Crippen LogP contribution in [0.1, 0.15) is 6.92 Å². The number of aryl methyl sites for hydroxylation is 1. The maximum absolute atomic E-state index is 5.15. The van der Waals surface area contributed by atoms with Gasteiger partial charge in [-0.1, -0.05) is 0 Å². The molecule has 0 bridgehead atoms. The number of halogens is 1. The summed E-state index contributed by atoms with van der Waals surface area (Å²) in [6, 6.07) is 0. The predicted octanol–water partition coefficient (Wildman–Crippen LogP) is 0.346. The summed E-state index contributed by atoms with van der Waals surface area (Å²) >= 11 is 3.13. The molecule has 1 heterocycles. The lowest BCUT2D eigenvalue weighted by molar-refractivity contribution is 0.660. The summed E-state index contributed by atoms with van der Waals surface area (Å²) in [5.41, 5.74) is 2.43. The third kappa shape index (κ3) is 1.27. The summed E-state index contributed by atoms with van der Waals surface area (Å²) in [6.07, 6.45) is 0. The fourth-order valence-electron chi connectivity index (χ4n) is 0.642. The van der Waals surface area contributed by atoms with Crippen LogP contribution in [0, 0.1) is 0 Å². The third-order valence-corrected chi connectivity index (χ3v) is 1.41. The highest BCUT2D eigenvalue weighted by Crippen LogP contribution is 2.07. The van der Waals surface area contributed by atoms with Gasteiger partial charge in [-0.25, -0.2) is 10.5 Å². The van der Waals surface area contributed by atoms with Crippen molar-refractivity contribution in [2.24, 2.45) is 5.84 Å². The Morgan fingerprint density at radius 2 is 2.50 bits per heavy atom. The van der Waals surface area contributed by atoms with Crippen molar-refractivity contribution >= 4 is 21.9 Å². The standard InChI is InChI=1S/C4H8BrN5/c1-2-10-4(8-6)7-3(5)9-10/h2,6H2,1H3,(H,7,8,9). The summed E-state index contributed by atoms with van der Waals surface area (Å²) in [7, 11) is 0. The molecule has 0 amide bonds. The molecule has 0 saturated heterocycles. The molecule has 0 aliphatic carbocycles. The molecule has 3 N–H and O–H groups in total. The Hall–Kier alpha value is -0.620. The van der Waals surface area contributed by atoms with Gasteiger partial charge in [-0.3, -0.25) is 5.43 Å². The van der Waals surface area contributed by atoms with Crippen molar-refractivity contribution < 1.29 is 0 Å². The maximum atomic E-state index is 5.15. The van der Waals surface area contributed by atoms with E-state index in [4.69, 9.17) is 5.84 Å². The quantitative estimate of drug-likeness (QED) is 0.541. The summed E-state index contributed by atoms with van der Waals surface area (Å²) in [6.45, 7) is 2.71. The van der Waals surface area contributed by atoms with Gasteiger partial charge in [-0.05, 0) is 22.9 Å². The van der Waals surface area contributed by atoms with E-state index in [2.05, 4.69) is 31.4 Å². The van der Waals surface area contributed by atoms with E-state index in [0.717, 1.165) is 6.54 Å². The molecule has 56 valence electrons. The zero-order valence-corrected chi connectivity index (χ0v) is 7.09. The summed E-state index contributed by atoms with van der Waals surface area (Å²) in [4.78, 5) is 3.93. The lowest BCUT2D eigenvalue weighted by Crippen LogP contribution is -2.13. The Labute approximate surface area is 66.7 Å².